The first-order valence-electron chi connectivity index (χ1n) is 7.65. The van der Waals surface area contributed by atoms with Gasteiger partial charge in [-0.2, -0.15) is 0 Å². The van der Waals surface area contributed by atoms with Crippen LogP contribution in [-0.2, 0) is 0 Å². The largest absolute Gasteiger partial charge is 0.457 e. The first-order chi connectivity index (χ1) is 11.6. The lowest BCUT2D eigenvalue weighted by Crippen LogP contribution is -2.22. The fourth-order valence-corrected chi connectivity index (χ4v) is 2.26. The van der Waals surface area contributed by atoms with E-state index in [4.69, 9.17) is 4.74 Å². The highest BCUT2D eigenvalue weighted by atomic mass is 16.5. The van der Waals surface area contributed by atoms with Crippen LogP contribution in [0.15, 0.2) is 72.8 Å². The molecule has 120 valence electrons. The van der Waals surface area contributed by atoms with Crippen LogP contribution in [0, 0.1) is 0 Å². The zero-order valence-corrected chi connectivity index (χ0v) is 13.6. The molecule has 1 amide bonds. The normalized spacial score (nSPS) is 10.2. The summed E-state index contributed by atoms with van der Waals surface area (Å²) in [5, 5.41) is 0. The van der Waals surface area contributed by atoms with E-state index in [-0.39, 0.29) is 5.91 Å². The molecule has 0 fully saturated rings. The maximum Gasteiger partial charge on any atom is 0.271 e. The van der Waals surface area contributed by atoms with Gasteiger partial charge in [0.1, 0.15) is 17.2 Å². The second kappa shape index (κ2) is 6.96. The molecule has 0 N–H and O–H groups in total. The van der Waals surface area contributed by atoms with Gasteiger partial charge in [-0.25, -0.2) is 4.98 Å². The number of ether oxygens (including phenoxy) is 1. The van der Waals surface area contributed by atoms with Crippen LogP contribution in [-0.4, -0.2) is 29.9 Å². The summed E-state index contributed by atoms with van der Waals surface area (Å²) in [4.78, 5) is 18.0. The minimum Gasteiger partial charge on any atom is -0.457 e. The SMILES string of the molecule is CN(C)C(=O)c1cccc(-c2ccc(Oc3ccccc3)cc2)n1. The molecule has 2 aromatic carbocycles. The lowest BCUT2D eigenvalue weighted by atomic mass is 10.1. The highest BCUT2D eigenvalue weighted by Gasteiger charge is 2.10. The zero-order valence-electron chi connectivity index (χ0n) is 13.6. The maximum atomic E-state index is 12.0. The first-order valence-corrected chi connectivity index (χ1v) is 7.65. The van der Waals surface area contributed by atoms with E-state index in [0.717, 1.165) is 22.8 Å². The van der Waals surface area contributed by atoms with Crippen molar-refractivity contribution in [2.45, 2.75) is 0 Å². The topological polar surface area (TPSA) is 42.4 Å². The van der Waals surface area contributed by atoms with Gasteiger partial charge in [0.05, 0.1) is 5.69 Å². The van der Waals surface area contributed by atoms with Gasteiger partial charge in [0.15, 0.2) is 0 Å². The Kier molecular flexibility index (Phi) is 4.57. The molecule has 4 heteroatoms. The summed E-state index contributed by atoms with van der Waals surface area (Å²) in [5.41, 5.74) is 2.12. The van der Waals surface area contributed by atoms with Crippen molar-refractivity contribution in [3.05, 3.63) is 78.5 Å². The van der Waals surface area contributed by atoms with E-state index in [2.05, 4.69) is 4.98 Å². The van der Waals surface area contributed by atoms with Gasteiger partial charge < -0.3 is 9.64 Å². The minimum atomic E-state index is -0.110. The number of carbonyl (C=O) groups excluding carboxylic acids is 1. The van der Waals surface area contributed by atoms with Crippen LogP contribution in [0.25, 0.3) is 11.3 Å². The number of amides is 1. The van der Waals surface area contributed by atoms with E-state index >= 15 is 0 Å². The fraction of sp³-hybridized carbons (Fsp3) is 0.100. The molecule has 3 rings (SSSR count). The van der Waals surface area contributed by atoms with Crippen molar-refractivity contribution in [3.8, 4) is 22.8 Å². The summed E-state index contributed by atoms with van der Waals surface area (Å²) >= 11 is 0. The van der Waals surface area contributed by atoms with E-state index in [1.165, 1.54) is 4.90 Å². The molecular formula is C20H18N2O2. The molecule has 0 spiro atoms. The third-order valence-electron chi connectivity index (χ3n) is 3.50. The average Bonchev–Trinajstić information content (AvgIpc) is 2.62. The number of benzene rings is 2. The Hall–Kier alpha value is -3.14. The van der Waals surface area contributed by atoms with E-state index < -0.39 is 0 Å². The predicted octanol–water partition coefficient (Wildman–Crippen LogP) is 4.24. The molecule has 0 bridgehead atoms. The Morgan fingerprint density at radius 2 is 1.50 bits per heavy atom. The van der Waals surface area contributed by atoms with E-state index in [0.29, 0.717) is 5.69 Å². The average molecular weight is 318 g/mol. The van der Waals surface area contributed by atoms with Crippen LogP contribution in [0.3, 0.4) is 0 Å². The lowest BCUT2D eigenvalue weighted by Gasteiger charge is -2.11. The van der Waals surface area contributed by atoms with E-state index in [1.54, 1.807) is 20.2 Å². The van der Waals surface area contributed by atoms with Gasteiger partial charge >= 0.3 is 0 Å². The van der Waals surface area contributed by atoms with Crippen molar-refractivity contribution in [1.82, 2.24) is 9.88 Å². The van der Waals surface area contributed by atoms with Gasteiger partial charge in [-0.1, -0.05) is 24.3 Å². The van der Waals surface area contributed by atoms with Crippen LogP contribution in [0.4, 0.5) is 0 Å². The molecule has 0 aliphatic rings. The van der Waals surface area contributed by atoms with Crippen LogP contribution in [0.5, 0.6) is 11.5 Å². The molecule has 4 nitrogen and oxygen atoms in total. The van der Waals surface area contributed by atoms with Gasteiger partial charge in [-0.3, -0.25) is 4.79 Å². The summed E-state index contributed by atoms with van der Waals surface area (Å²) in [6.45, 7) is 0. The number of hydrogen-bond acceptors (Lipinski definition) is 3. The summed E-state index contributed by atoms with van der Waals surface area (Å²) in [6, 6.07) is 22.7. The molecule has 0 saturated heterocycles. The van der Waals surface area contributed by atoms with Gasteiger partial charge in [-0.15, -0.1) is 0 Å². The molecule has 0 aliphatic carbocycles. The predicted molar refractivity (Wildman–Crippen MR) is 94.2 cm³/mol. The monoisotopic (exact) mass is 318 g/mol. The van der Waals surface area contributed by atoms with Crippen molar-refractivity contribution in [2.75, 3.05) is 14.1 Å². The van der Waals surface area contributed by atoms with Crippen LogP contribution in [0.2, 0.25) is 0 Å². The molecule has 0 aliphatic heterocycles. The Balaban J connectivity index is 1.81. The smallest absolute Gasteiger partial charge is 0.271 e. The minimum absolute atomic E-state index is 0.110. The van der Waals surface area contributed by atoms with Crippen LogP contribution >= 0.6 is 0 Å². The maximum absolute atomic E-state index is 12.0. The van der Waals surface area contributed by atoms with Crippen LogP contribution in [0.1, 0.15) is 10.5 Å². The van der Waals surface area contributed by atoms with Crippen molar-refractivity contribution < 1.29 is 9.53 Å². The molecule has 1 heterocycles. The van der Waals surface area contributed by atoms with Gasteiger partial charge in [0.25, 0.3) is 5.91 Å². The first kappa shape index (κ1) is 15.7. The summed E-state index contributed by atoms with van der Waals surface area (Å²) in [6.07, 6.45) is 0. The number of carbonyl (C=O) groups is 1. The van der Waals surface area contributed by atoms with Crippen molar-refractivity contribution >= 4 is 5.91 Å². The zero-order chi connectivity index (χ0) is 16.9. The van der Waals surface area contributed by atoms with Crippen LogP contribution < -0.4 is 4.74 Å². The lowest BCUT2D eigenvalue weighted by molar-refractivity contribution is 0.0822. The van der Waals surface area contributed by atoms with E-state index in [9.17, 15) is 4.79 Å². The van der Waals surface area contributed by atoms with E-state index in [1.807, 2.05) is 66.7 Å². The molecule has 24 heavy (non-hydrogen) atoms. The second-order valence-electron chi connectivity index (χ2n) is 5.55. The Labute approximate surface area is 141 Å². The molecule has 0 saturated carbocycles. The van der Waals surface area contributed by atoms with Gasteiger partial charge in [0.2, 0.25) is 0 Å². The van der Waals surface area contributed by atoms with Crippen molar-refractivity contribution in [3.63, 3.8) is 0 Å². The standard InChI is InChI=1S/C20H18N2O2/c1-22(2)20(23)19-10-6-9-18(21-19)15-11-13-17(14-12-15)24-16-7-4-3-5-8-16/h3-14H,1-2H3. The van der Waals surface area contributed by atoms with Crippen molar-refractivity contribution in [1.29, 1.82) is 0 Å². The molecule has 0 radical (unpaired) electrons. The number of para-hydroxylation sites is 1. The Morgan fingerprint density at radius 3 is 2.17 bits per heavy atom. The summed E-state index contributed by atoms with van der Waals surface area (Å²) in [5.74, 6) is 1.44. The number of rotatable bonds is 4. The number of pyridine rings is 1. The highest BCUT2D eigenvalue weighted by Crippen LogP contribution is 2.25. The molecule has 1 aromatic heterocycles. The fourth-order valence-electron chi connectivity index (χ4n) is 2.26. The Bertz CT molecular complexity index is 828. The summed E-state index contributed by atoms with van der Waals surface area (Å²) in [7, 11) is 3.43. The van der Waals surface area contributed by atoms with Crippen molar-refractivity contribution in [2.24, 2.45) is 0 Å². The molecule has 0 atom stereocenters. The Morgan fingerprint density at radius 1 is 0.833 bits per heavy atom. The number of aromatic nitrogens is 1. The number of hydrogen-bond donors (Lipinski definition) is 0. The highest BCUT2D eigenvalue weighted by molar-refractivity contribution is 5.92. The number of nitrogens with zero attached hydrogens (tertiary/aromatic N) is 2. The third kappa shape index (κ3) is 3.60. The molecule has 3 aromatic rings. The quantitative estimate of drug-likeness (QED) is 0.722. The van der Waals surface area contributed by atoms with Gasteiger partial charge in [-0.05, 0) is 48.5 Å². The second-order valence-corrected chi connectivity index (χ2v) is 5.55. The molecular weight excluding hydrogens is 300 g/mol. The molecule has 0 unspecified atom stereocenters. The van der Waals surface area contributed by atoms with Gasteiger partial charge in [0, 0.05) is 19.7 Å². The summed E-state index contributed by atoms with van der Waals surface area (Å²) < 4.78 is 5.78. The third-order valence-corrected chi connectivity index (χ3v) is 3.50.